The number of hydrogen-bond donors (Lipinski definition) is 1. The highest BCUT2D eigenvalue weighted by Crippen LogP contribution is 2.27. The molecule has 0 aliphatic carbocycles. The molecule has 1 fully saturated rings. The first-order valence-corrected chi connectivity index (χ1v) is 12.9. The van der Waals surface area contributed by atoms with Gasteiger partial charge in [-0.25, -0.2) is 17.4 Å². The summed E-state index contributed by atoms with van der Waals surface area (Å²) >= 11 is 0. The Labute approximate surface area is 205 Å². The molecule has 5 rings (SSSR count). The van der Waals surface area contributed by atoms with Gasteiger partial charge in [-0.1, -0.05) is 12.1 Å². The van der Waals surface area contributed by atoms with Crippen molar-refractivity contribution >= 4 is 38.1 Å². The Kier molecular flexibility index (Phi) is 6.16. The van der Waals surface area contributed by atoms with Gasteiger partial charge in [0.1, 0.15) is 16.8 Å². The highest BCUT2D eigenvalue weighted by atomic mass is 32.2. The summed E-state index contributed by atoms with van der Waals surface area (Å²) in [6, 6.07) is 19.8. The monoisotopic (exact) mass is 486 g/mol. The first-order valence-electron chi connectivity index (χ1n) is 11.5. The summed E-state index contributed by atoms with van der Waals surface area (Å²) in [7, 11) is -1.79. The van der Waals surface area contributed by atoms with Gasteiger partial charge in [0, 0.05) is 54.9 Å². The van der Waals surface area contributed by atoms with Crippen LogP contribution in [-0.4, -0.2) is 55.5 Å². The maximum atomic E-state index is 13.4. The molecule has 1 aliphatic heterocycles. The number of nitrogens with zero attached hydrogens (tertiary/aromatic N) is 5. The van der Waals surface area contributed by atoms with Crippen LogP contribution in [0, 0.1) is 11.3 Å². The third kappa shape index (κ3) is 4.58. The van der Waals surface area contributed by atoms with E-state index < -0.39 is 10.0 Å². The fraction of sp³-hybridized carbons (Fsp3) is 0.231. The molecule has 1 saturated heterocycles. The predicted octanol–water partition coefficient (Wildman–Crippen LogP) is 4.03. The molecular weight excluding hydrogens is 460 g/mol. The predicted molar refractivity (Wildman–Crippen MR) is 138 cm³/mol. The quantitative estimate of drug-likeness (QED) is 0.455. The lowest BCUT2D eigenvalue weighted by Crippen LogP contribution is -2.28. The minimum atomic E-state index is -3.95. The zero-order valence-electron chi connectivity index (χ0n) is 19.4. The number of benzene rings is 2. The van der Waals surface area contributed by atoms with Gasteiger partial charge in [-0.3, -0.25) is 0 Å². The van der Waals surface area contributed by atoms with E-state index >= 15 is 0 Å². The molecule has 4 aromatic rings. The molecular formula is C26H26N6O2S. The summed E-state index contributed by atoms with van der Waals surface area (Å²) in [5.74, 6) is 0.533. The molecule has 1 N–H and O–H groups in total. The van der Waals surface area contributed by atoms with Crippen LogP contribution in [0.3, 0.4) is 0 Å². The number of anilines is 3. The van der Waals surface area contributed by atoms with E-state index in [2.05, 4.69) is 39.3 Å². The van der Waals surface area contributed by atoms with Crippen molar-refractivity contribution in [1.82, 2.24) is 13.9 Å². The number of likely N-dealkylation sites (N-methyl/N-ethyl adjacent to an activating group) is 1. The zero-order valence-corrected chi connectivity index (χ0v) is 20.2. The molecule has 8 nitrogen and oxygen atoms in total. The molecule has 1 aliphatic rings. The summed E-state index contributed by atoms with van der Waals surface area (Å²) in [6.45, 7) is 4.20. The number of aromatic nitrogens is 2. The van der Waals surface area contributed by atoms with Gasteiger partial charge in [0.15, 0.2) is 0 Å². The molecule has 0 atom stereocenters. The van der Waals surface area contributed by atoms with Crippen molar-refractivity contribution in [3.8, 4) is 6.07 Å². The first kappa shape index (κ1) is 22.9. The third-order valence-corrected chi connectivity index (χ3v) is 8.06. The number of hydrogen-bond acceptors (Lipinski definition) is 7. The number of pyridine rings is 1. The van der Waals surface area contributed by atoms with Crippen molar-refractivity contribution in [2.24, 2.45) is 0 Å². The summed E-state index contributed by atoms with van der Waals surface area (Å²) in [4.78, 5) is 9.17. The topological polar surface area (TPSA) is 94.3 Å². The molecule has 35 heavy (non-hydrogen) atoms. The van der Waals surface area contributed by atoms with Crippen LogP contribution in [0.5, 0.6) is 0 Å². The minimum absolute atomic E-state index is 0.0263. The van der Waals surface area contributed by atoms with Gasteiger partial charge in [0.25, 0.3) is 10.0 Å². The Morgan fingerprint density at radius 2 is 1.80 bits per heavy atom. The summed E-state index contributed by atoms with van der Waals surface area (Å²) in [5, 5.41) is 13.3. The summed E-state index contributed by atoms with van der Waals surface area (Å²) in [5.41, 5.74) is 2.65. The molecule has 9 heteroatoms. The molecule has 3 heterocycles. The lowest BCUT2D eigenvalue weighted by atomic mass is 10.2. The van der Waals surface area contributed by atoms with E-state index in [4.69, 9.17) is 0 Å². The van der Waals surface area contributed by atoms with Gasteiger partial charge >= 0.3 is 0 Å². The number of nitriles is 1. The highest BCUT2D eigenvalue weighted by Gasteiger charge is 2.22. The van der Waals surface area contributed by atoms with Crippen molar-refractivity contribution < 1.29 is 8.42 Å². The fourth-order valence-corrected chi connectivity index (χ4v) is 5.87. The van der Waals surface area contributed by atoms with Crippen LogP contribution < -0.4 is 10.2 Å². The number of nitrogens with one attached hydrogen (secondary N) is 1. The largest absolute Gasteiger partial charge is 0.370 e. The Morgan fingerprint density at radius 3 is 2.60 bits per heavy atom. The van der Waals surface area contributed by atoms with Crippen molar-refractivity contribution in [1.29, 1.82) is 5.26 Å². The molecule has 0 amide bonds. The molecule has 2 aromatic heterocycles. The molecule has 178 valence electrons. The second-order valence-corrected chi connectivity index (χ2v) is 10.5. The Balaban J connectivity index is 1.41. The van der Waals surface area contributed by atoms with E-state index in [-0.39, 0.29) is 10.5 Å². The molecule has 0 unspecified atom stereocenters. The van der Waals surface area contributed by atoms with Gasteiger partial charge in [-0.2, -0.15) is 5.26 Å². The average molecular weight is 487 g/mol. The van der Waals surface area contributed by atoms with Crippen LogP contribution in [0.25, 0.3) is 10.9 Å². The van der Waals surface area contributed by atoms with Crippen molar-refractivity contribution in [3.05, 3.63) is 78.6 Å². The van der Waals surface area contributed by atoms with E-state index in [0.29, 0.717) is 16.7 Å². The van der Waals surface area contributed by atoms with E-state index in [1.165, 1.54) is 28.0 Å². The molecule has 0 bridgehead atoms. The standard InChI is InChI=1S/C26H26N6O2S/c1-30-12-4-13-31(16-15-30)23-9-7-22(8-10-23)29-26-17-24-21(19-28-26)11-14-32(24)35(33,34)25-6-3-2-5-20(25)18-27/h2-3,5-11,14,17,19H,4,12-13,15-16H2,1H3,(H,28,29). The zero-order chi connectivity index (χ0) is 24.4. The lowest BCUT2D eigenvalue weighted by molar-refractivity contribution is 0.360. The molecule has 0 radical (unpaired) electrons. The van der Waals surface area contributed by atoms with E-state index in [9.17, 15) is 13.7 Å². The first-order chi connectivity index (χ1) is 17.0. The smallest absolute Gasteiger partial charge is 0.269 e. The normalized spacial score (nSPS) is 15.0. The van der Waals surface area contributed by atoms with Crippen LogP contribution in [-0.2, 0) is 10.0 Å². The average Bonchev–Trinajstić information content (AvgIpc) is 3.19. The Hall–Kier alpha value is -3.87. The Morgan fingerprint density at radius 1 is 1.00 bits per heavy atom. The summed E-state index contributed by atoms with van der Waals surface area (Å²) in [6.07, 6.45) is 4.27. The van der Waals surface area contributed by atoms with Crippen LogP contribution in [0.4, 0.5) is 17.2 Å². The van der Waals surface area contributed by atoms with Crippen molar-refractivity contribution in [2.45, 2.75) is 11.3 Å². The number of fused-ring (bicyclic) bond motifs is 1. The maximum absolute atomic E-state index is 13.4. The van der Waals surface area contributed by atoms with E-state index in [1.54, 1.807) is 30.5 Å². The van der Waals surface area contributed by atoms with Crippen LogP contribution in [0.1, 0.15) is 12.0 Å². The minimum Gasteiger partial charge on any atom is -0.370 e. The van der Waals surface area contributed by atoms with Gasteiger partial charge in [0.05, 0.1) is 11.1 Å². The van der Waals surface area contributed by atoms with Gasteiger partial charge in [-0.15, -0.1) is 0 Å². The Bertz CT molecular complexity index is 1510. The van der Waals surface area contributed by atoms with Crippen LogP contribution in [0.2, 0.25) is 0 Å². The van der Waals surface area contributed by atoms with Crippen molar-refractivity contribution in [2.75, 3.05) is 43.4 Å². The maximum Gasteiger partial charge on any atom is 0.269 e. The van der Waals surface area contributed by atoms with E-state index in [0.717, 1.165) is 38.3 Å². The van der Waals surface area contributed by atoms with Crippen LogP contribution >= 0.6 is 0 Å². The van der Waals surface area contributed by atoms with Crippen LogP contribution in [0.15, 0.2) is 78.0 Å². The highest BCUT2D eigenvalue weighted by molar-refractivity contribution is 7.90. The molecule has 0 saturated carbocycles. The van der Waals surface area contributed by atoms with Gasteiger partial charge < -0.3 is 15.1 Å². The molecule has 2 aromatic carbocycles. The second kappa shape index (κ2) is 9.41. The second-order valence-electron chi connectivity index (χ2n) is 8.67. The third-order valence-electron chi connectivity index (χ3n) is 6.31. The SMILES string of the molecule is CN1CCCN(c2ccc(Nc3cc4c(ccn4S(=O)(=O)c4ccccc4C#N)cn3)cc2)CC1. The fourth-order valence-electron chi connectivity index (χ4n) is 4.38. The lowest BCUT2D eigenvalue weighted by Gasteiger charge is -2.23. The van der Waals surface area contributed by atoms with Crippen molar-refractivity contribution in [3.63, 3.8) is 0 Å². The van der Waals surface area contributed by atoms with Gasteiger partial charge in [0.2, 0.25) is 0 Å². The number of rotatable bonds is 5. The summed E-state index contributed by atoms with van der Waals surface area (Å²) < 4.78 is 27.9. The molecule has 0 spiro atoms. The van der Waals surface area contributed by atoms with Gasteiger partial charge in [-0.05, 0) is 62.5 Å². The van der Waals surface area contributed by atoms with E-state index in [1.807, 2.05) is 18.2 Å².